The van der Waals surface area contributed by atoms with E-state index < -0.39 is 0 Å². The van der Waals surface area contributed by atoms with Crippen LogP contribution in [0.25, 0.3) is 0 Å². The van der Waals surface area contributed by atoms with E-state index in [1.165, 1.54) is 0 Å². The summed E-state index contributed by atoms with van der Waals surface area (Å²) in [6.07, 6.45) is 0. The van der Waals surface area contributed by atoms with Gasteiger partial charge in [0.1, 0.15) is 0 Å². The molecule has 0 aromatic heterocycles. The van der Waals surface area contributed by atoms with E-state index in [-0.39, 0.29) is 0 Å². The molecule has 0 rings (SSSR count). The number of nitrogens with zero attached hydrogens (tertiary/aromatic N) is 1. The van der Waals surface area contributed by atoms with Crippen LogP contribution in [0.15, 0.2) is 0 Å². The van der Waals surface area contributed by atoms with Gasteiger partial charge in [-0.05, 0) is 6.54 Å². The predicted octanol–water partition coefficient (Wildman–Crippen LogP) is 0.616. The molecule has 0 spiro atoms. The largest absolute Gasteiger partial charge is 0.383 e. The fraction of sp³-hybridized carbons (Fsp3) is 1.00. The lowest BCUT2D eigenvalue weighted by atomic mass is 10.2. The average Bonchev–Trinajstić information content (AvgIpc) is 2.19. The van der Waals surface area contributed by atoms with Crippen molar-refractivity contribution in [3.63, 3.8) is 0 Å². The molecule has 14 heavy (non-hydrogen) atoms. The third-order valence-electron chi connectivity index (χ3n) is 2.22. The molecule has 4 nitrogen and oxygen atoms in total. The second-order valence-electron chi connectivity index (χ2n) is 3.19. The molecule has 0 bridgehead atoms. The number of rotatable bonds is 9. The standard InChI is InChI=1S/C10H23NO3/c1-5-11(6-7-12-2)10(8-13-3)9-14-4/h10H,5-9H2,1-4H3. The minimum absolute atomic E-state index is 0.324. The molecular formula is C10H23NO3. The van der Waals surface area contributed by atoms with Gasteiger partial charge in [-0.3, -0.25) is 4.90 Å². The van der Waals surface area contributed by atoms with Crippen molar-refractivity contribution in [2.24, 2.45) is 0 Å². The summed E-state index contributed by atoms with van der Waals surface area (Å²) in [6.45, 7) is 6.19. The number of ether oxygens (including phenoxy) is 3. The van der Waals surface area contributed by atoms with Crippen molar-refractivity contribution in [1.82, 2.24) is 4.90 Å². The smallest absolute Gasteiger partial charge is 0.0640 e. The molecule has 0 unspecified atom stereocenters. The Kier molecular flexibility index (Phi) is 9.29. The van der Waals surface area contributed by atoms with Gasteiger partial charge in [-0.2, -0.15) is 0 Å². The maximum atomic E-state index is 5.16. The van der Waals surface area contributed by atoms with Crippen molar-refractivity contribution in [1.29, 1.82) is 0 Å². The molecule has 0 saturated carbocycles. The second kappa shape index (κ2) is 9.40. The van der Waals surface area contributed by atoms with Crippen molar-refractivity contribution in [2.75, 3.05) is 54.2 Å². The molecule has 0 radical (unpaired) electrons. The summed E-state index contributed by atoms with van der Waals surface area (Å²) in [4.78, 5) is 2.30. The molecule has 0 aliphatic carbocycles. The Morgan fingerprint density at radius 1 is 1.00 bits per heavy atom. The summed E-state index contributed by atoms with van der Waals surface area (Å²) in [7, 11) is 5.15. The minimum Gasteiger partial charge on any atom is -0.383 e. The number of likely N-dealkylation sites (N-methyl/N-ethyl adjacent to an activating group) is 1. The van der Waals surface area contributed by atoms with Gasteiger partial charge in [-0.25, -0.2) is 0 Å². The molecule has 0 amide bonds. The lowest BCUT2D eigenvalue weighted by Crippen LogP contribution is -2.43. The molecule has 0 aromatic rings. The van der Waals surface area contributed by atoms with Crippen molar-refractivity contribution < 1.29 is 14.2 Å². The first kappa shape index (κ1) is 13.8. The van der Waals surface area contributed by atoms with Gasteiger partial charge >= 0.3 is 0 Å². The highest BCUT2D eigenvalue weighted by atomic mass is 16.5. The Bertz CT molecular complexity index is 116. The van der Waals surface area contributed by atoms with Crippen LogP contribution in [0.1, 0.15) is 6.92 Å². The topological polar surface area (TPSA) is 30.9 Å². The Morgan fingerprint density at radius 2 is 1.57 bits per heavy atom. The summed E-state index contributed by atoms with van der Waals surface area (Å²) >= 11 is 0. The monoisotopic (exact) mass is 205 g/mol. The predicted molar refractivity (Wildman–Crippen MR) is 56.7 cm³/mol. The summed E-state index contributed by atoms with van der Waals surface area (Å²) < 4.78 is 15.4. The zero-order valence-electron chi connectivity index (χ0n) is 9.78. The normalized spacial score (nSPS) is 11.6. The van der Waals surface area contributed by atoms with Gasteiger partial charge in [0.2, 0.25) is 0 Å². The molecule has 0 aliphatic heterocycles. The Labute approximate surface area is 87.1 Å². The van der Waals surface area contributed by atoms with Gasteiger partial charge < -0.3 is 14.2 Å². The summed E-state index contributed by atoms with van der Waals surface area (Å²) in [6, 6.07) is 0.324. The molecule has 0 saturated heterocycles. The zero-order chi connectivity index (χ0) is 10.8. The first-order valence-electron chi connectivity index (χ1n) is 5.01. The Hall–Kier alpha value is -0.160. The lowest BCUT2D eigenvalue weighted by Gasteiger charge is -2.29. The molecule has 0 N–H and O–H groups in total. The summed E-state index contributed by atoms with van der Waals surface area (Å²) in [5.41, 5.74) is 0. The van der Waals surface area contributed by atoms with Crippen molar-refractivity contribution in [2.45, 2.75) is 13.0 Å². The van der Waals surface area contributed by atoms with E-state index in [9.17, 15) is 0 Å². The van der Waals surface area contributed by atoms with E-state index in [2.05, 4.69) is 11.8 Å². The van der Waals surface area contributed by atoms with Crippen LogP contribution in [-0.4, -0.2) is 65.2 Å². The highest BCUT2D eigenvalue weighted by molar-refractivity contribution is 4.69. The number of methoxy groups -OCH3 is 3. The molecule has 4 heteroatoms. The number of hydrogen-bond acceptors (Lipinski definition) is 4. The quantitative estimate of drug-likeness (QED) is 0.552. The van der Waals surface area contributed by atoms with Crippen LogP contribution in [0.3, 0.4) is 0 Å². The van der Waals surface area contributed by atoms with Crippen LogP contribution in [0.4, 0.5) is 0 Å². The Balaban J connectivity index is 3.96. The van der Waals surface area contributed by atoms with Gasteiger partial charge in [-0.15, -0.1) is 0 Å². The molecule has 0 fully saturated rings. The molecule has 0 aromatic carbocycles. The zero-order valence-corrected chi connectivity index (χ0v) is 9.78. The Morgan fingerprint density at radius 3 is 1.93 bits per heavy atom. The van der Waals surface area contributed by atoms with E-state index in [1.54, 1.807) is 21.3 Å². The molecular weight excluding hydrogens is 182 g/mol. The van der Waals surface area contributed by atoms with Gasteiger partial charge in [0.05, 0.1) is 25.9 Å². The fourth-order valence-electron chi connectivity index (χ4n) is 1.45. The molecule has 0 atom stereocenters. The maximum Gasteiger partial charge on any atom is 0.0640 e. The molecule has 0 heterocycles. The van der Waals surface area contributed by atoms with Crippen LogP contribution in [-0.2, 0) is 14.2 Å². The van der Waals surface area contributed by atoms with Crippen LogP contribution < -0.4 is 0 Å². The van der Waals surface area contributed by atoms with E-state index in [1.807, 2.05) is 0 Å². The van der Waals surface area contributed by atoms with Crippen LogP contribution in [0.2, 0.25) is 0 Å². The van der Waals surface area contributed by atoms with E-state index in [0.717, 1.165) is 19.7 Å². The lowest BCUT2D eigenvalue weighted by molar-refractivity contribution is 0.0263. The molecule has 86 valence electrons. The van der Waals surface area contributed by atoms with Gasteiger partial charge in [0.25, 0.3) is 0 Å². The third kappa shape index (κ3) is 5.54. The first-order chi connectivity index (χ1) is 6.79. The van der Waals surface area contributed by atoms with Crippen LogP contribution >= 0.6 is 0 Å². The van der Waals surface area contributed by atoms with Gasteiger partial charge in [0.15, 0.2) is 0 Å². The van der Waals surface area contributed by atoms with Gasteiger partial charge in [0, 0.05) is 27.9 Å². The summed E-state index contributed by atoms with van der Waals surface area (Å²) in [5, 5.41) is 0. The van der Waals surface area contributed by atoms with E-state index in [0.29, 0.717) is 19.3 Å². The minimum atomic E-state index is 0.324. The van der Waals surface area contributed by atoms with Crippen LogP contribution in [0, 0.1) is 0 Å². The second-order valence-corrected chi connectivity index (χ2v) is 3.19. The highest BCUT2D eigenvalue weighted by Crippen LogP contribution is 2.00. The van der Waals surface area contributed by atoms with Crippen LogP contribution in [0.5, 0.6) is 0 Å². The molecule has 0 aliphatic rings. The third-order valence-corrected chi connectivity index (χ3v) is 2.22. The fourth-order valence-corrected chi connectivity index (χ4v) is 1.45. The van der Waals surface area contributed by atoms with Crippen molar-refractivity contribution in [3.05, 3.63) is 0 Å². The number of hydrogen-bond donors (Lipinski definition) is 0. The summed E-state index contributed by atoms with van der Waals surface area (Å²) in [5.74, 6) is 0. The maximum absolute atomic E-state index is 5.16. The van der Waals surface area contributed by atoms with Crippen molar-refractivity contribution in [3.8, 4) is 0 Å². The van der Waals surface area contributed by atoms with E-state index in [4.69, 9.17) is 14.2 Å². The highest BCUT2D eigenvalue weighted by Gasteiger charge is 2.16. The SMILES string of the molecule is CCN(CCOC)C(COC)COC. The van der Waals surface area contributed by atoms with Gasteiger partial charge in [-0.1, -0.05) is 6.92 Å². The average molecular weight is 205 g/mol. The van der Waals surface area contributed by atoms with Crippen molar-refractivity contribution >= 4 is 0 Å². The van der Waals surface area contributed by atoms with E-state index >= 15 is 0 Å². The first-order valence-corrected chi connectivity index (χ1v) is 5.01.